The molecule has 1 fully saturated rings. The fraction of sp³-hybridized carbons (Fsp3) is 0.317. The van der Waals surface area contributed by atoms with Gasteiger partial charge in [0.25, 0.3) is 5.91 Å². The van der Waals surface area contributed by atoms with Crippen LogP contribution in [-0.4, -0.2) is 60.3 Å². The molecule has 274 valence electrons. The average Bonchev–Trinajstić information content (AvgIpc) is 3.81. The highest BCUT2D eigenvalue weighted by atomic mass is 35.5. The number of hydrogen-bond donors (Lipinski definition) is 1. The van der Waals surface area contributed by atoms with Gasteiger partial charge in [-0.25, -0.2) is 0 Å². The lowest BCUT2D eigenvalue weighted by Gasteiger charge is -2.37. The maximum absolute atomic E-state index is 15.2. The number of anilines is 3. The highest BCUT2D eigenvalue weighted by Crippen LogP contribution is 2.60. The number of nitrogens with zero attached hydrogens (tertiary/aromatic N) is 5. The summed E-state index contributed by atoms with van der Waals surface area (Å²) in [6, 6.07) is 31.1. The molecule has 1 spiro atoms. The van der Waals surface area contributed by atoms with E-state index in [2.05, 4.69) is 42.5 Å². The van der Waals surface area contributed by atoms with Crippen LogP contribution in [0.4, 0.5) is 17.1 Å². The first kappa shape index (κ1) is 36.5. The lowest BCUT2D eigenvalue weighted by Crippen LogP contribution is -2.51. The van der Waals surface area contributed by atoms with Crippen LogP contribution >= 0.6 is 11.6 Å². The molecule has 53 heavy (non-hydrogen) atoms. The number of carbonyl (C=O) groups excluding carboxylic acids is 2. The summed E-state index contributed by atoms with van der Waals surface area (Å²) >= 11 is 6.71. The Labute approximate surface area is 315 Å². The van der Waals surface area contributed by atoms with Crippen LogP contribution in [0.3, 0.4) is 0 Å². The van der Waals surface area contributed by atoms with Crippen molar-refractivity contribution in [3.8, 4) is 5.75 Å². The minimum atomic E-state index is -2.37. The smallest absolute Gasteiger partial charge is 0.264 e. The first-order valence-corrected chi connectivity index (χ1v) is 21.4. The number of aromatic nitrogens is 3. The van der Waals surface area contributed by atoms with Crippen LogP contribution in [0.2, 0.25) is 23.7 Å². The van der Waals surface area contributed by atoms with Crippen LogP contribution in [0.15, 0.2) is 103 Å². The maximum atomic E-state index is 15.2. The third kappa shape index (κ3) is 6.67. The van der Waals surface area contributed by atoms with Gasteiger partial charge in [-0.1, -0.05) is 84.5 Å². The molecule has 0 saturated carbocycles. The lowest BCUT2D eigenvalue weighted by atomic mass is 9.82. The number of ether oxygens (including phenoxy) is 2. The molecule has 1 aromatic heterocycles. The molecule has 1 saturated heterocycles. The number of fused-ring (bicyclic) bond motifs is 2. The van der Waals surface area contributed by atoms with Gasteiger partial charge < -0.3 is 19.5 Å². The van der Waals surface area contributed by atoms with Crippen molar-refractivity contribution in [3.63, 3.8) is 0 Å². The van der Waals surface area contributed by atoms with E-state index < -0.39 is 13.7 Å². The van der Waals surface area contributed by atoms with Crippen LogP contribution < -0.4 is 19.7 Å². The van der Waals surface area contributed by atoms with Gasteiger partial charge in [-0.15, -0.1) is 5.10 Å². The normalized spacial score (nSPS) is 20.9. The zero-order valence-electron chi connectivity index (χ0n) is 30.4. The van der Waals surface area contributed by atoms with Crippen LogP contribution in [0, 0.1) is 5.92 Å². The van der Waals surface area contributed by atoms with Crippen LogP contribution in [0.1, 0.15) is 30.2 Å². The van der Waals surface area contributed by atoms with E-state index in [1.165, 1.54) is 5.19 Å². The molecule has 5 aromatic rings. The Bertz CT molecular complexity index is 2090. The molecule has 7 rings (SSSR count). The van der Waals surface area contributed by atoms with Crippen LogP contribution in [0.25, 0.3) is 0 Å². The topological polar surface area (TPSA) is 110 Å². The summed E-state index contributed by atoms with van der Waals surface area (Å²) in [6.07, 6.45) is 3.42. The summed E-state index contributed by atoms with van der Waals surface area (Å²) in [7, 11) is -0.701. The zero-order valence-corrected chi connectivity index (χ0v) is 32.1. The number of rotatable bonds is 13. The van der Waals surface area contributed by atoms with Gasteiger partial charge in [-0.2, -0.15) is 0 Å². The van der Waals surface area contributed by atoms with Gasteiger partial charge in [0.1, 0.15) is 5.75 Å². The van der Waals surface area contributed by atoms with Crippen LogP contribution in [0.5, 0.6) is 5.75 Å². The molecule has 2 amide bonds. The summed E-state index contributed by atoms with van der Waals surface area (Å²) in [5.74, 6) is 0.462. The van der Waals surface area contributed by atoms with Crippen LogP contribution in [-0.2, 0) is 39.4 Å². The Kier molecular flexibility index (Phi) is 10.3. The molecular weight excluding hydrogens is 706 g/mol. The number of halogens is 1. The van der Waals surface area contributed by atoms with Crippen molar-refractivity contribution in [2.24, 2.45) is 5.92 Å². The Morgan fingerprint density at radius 3 is 2.49 bits per heavy atom. The average molecular weight is 750 g/mol. The van der Waals surface area contributed by atoms with Gasteiger partial charge >= 0.3 is 0 Å². The predicted molar refractivity (Wildman–Crippen MR) is 209 cm³/mol. The minimum Gasteiger partial charge on any atom is -0.497 e. The number of aliphatic hydroxyl groups is 1. The quantitative estimate of drug-likeness (QED) is 0.106. The Morgan fingerprint density at radius 1 is 1.02 bits per heavy atom. The summed E-state index contributed by atoms with van der Waals surface area (Å²) in [5, 5.41) is 19.7. The number of benzene rings is 4. The number of carbonyl (C=O) groups is 2. The van der Waals surface area contributed by atoms with Gasteiger partial charge in [0.15, 0.2) is 5.60 Å². The third-order valence-corrected chi connectivity index (χ3v) is 15.7. The molecule has 4 atom stereocenters. The van der Waals surface area contributed by atoms with E-state index in [-0.39, 0.29) is 36.6 Å². The van der Waals surface area contributed by atoms with E-state index in [9.17, 15) is 9.90 Å². The number of amides is 2. The molecule has 0 bridgehead atoms. The zero-order chi connectivity index (χ0) is 37.3. The fourth-order valence-corrected chi connectivity index (χ4v) is 12.7. The Balaban J connectivity index is 1.26. The molecule has 12 heteroatoms. The van der Waals surface area contributed by atoms with Crippen molar-refractivity contribution in [1.29, 1.82) is 0 Å². The predicted octanol–water partition coefficient (Wildman–Crippen LogP) is 6.62. The summed E-state index contributed by atoms with van der Waals surface area (Å²) in [5.41, 5.74) is 3.34. The van der Waals surface area contributed by atoms with Crippen molar-refractivity contribution in [1.82, 2.24) is 15.0 Å². The highest BCUT2D eigenvalue weighted by molar-refractivity contribution is 6.91. The van der Waals surface area contributed by atoms with Gasteiger partial charge in [0.05, 0.1) is 39.2 Å². The third-order valence-electron chi connectivity index (χ3n) is 11.1. The molecule has 3 heterocycles. The summed E-state index contributed by atoms with van der Waals surface area (Å²) in [4.78, 5) is 30.9. The van der Waals surface area contributed by atoms with Gasteiger partial charge in [-0.05, 0) is 72.1 Å². The second-order valence-electron chi connectivity index (χ2n) is 14.4. The Morgan fingerprint density at radius 2 is 1.77 bits per heavy atom. The van der Waals surface area contributed by atoms with Crippen molar-refractivity contribution in [2.45, 2.75) is 63.2 Å². The number of aliphatic hydroxyl groups excluding tert-OH is 1. The monoisotopic (exact) mass is 749 g/mol. The van der Waals surface area contributed by atoms with Crippen molar-refractivity contribution >= 4 is 54.2 Å². The first-order valence-electron chi connectivity index (χ1n) is 17.9. The number of hydrogen-bond acceptors (Lipinski definition) is 7. The number of methoxy groups -OCH3 is 1. The number of aryl methyl sites for hydroxylation is 1. The van der Waals surface area contributed by atoms with E-state index in [4.69, 9.17) is 21.1 Å². The van der Waals surface area contributed by atoms with E-state index >= 15 is 4.79 Å². The fourth-order valence-electron chi connectivity index (χ4n) is 8.50. The van der Waals surface area contributed by atoms with Crippen molar-refractivity contribution in [3.05, 3.63) is 125 Å². The van der Waals surface area contributed by atoms with Gasteiger partial charge in [-0.3, -0.25) is 19.2 Å². The summed E-state index contributed by atoms with van der Waals surface area (Å²) < 4.78 is 14.5. The number of para-hydroxylation sites is 1. The van der Waals surface area contributed by atoms with Crippen molar-refractivity contribution in [2.75, 3.05) is 23.5 Å². The molecule has 0 aliphatic carbocycles. The maximum Gasteiger partial charge on any atom is 0.264 e. The van der Waals surface area contributed by atoms with Crippen molar-refractivity contribution < 1.29 is 24.2 Å². The van der Waals surface area contributed by atoms with Gasteiger partial charge in [0, 0.05) is 53.6 Å². The molecule has 2 aliphatic rings. The van der Waals surface area contributed by atoms with E-state index in [0.29, 0.717) is 30.1 Å². The minimum absolute atomic E-state index is 0.00142. The summed E-state index contributed by atoms with van der Waals surface area (Å²) in [6.45, 7) is 7.69. The molecule has 1 N–H and O–H groups in total. The lowest BCUT2D eigenvalue weighted by molar-refractivity contribution is -0.146. The first-order chi connectivity index (χ1) is 25.6. The standard InChI is InChI=1S/C41H44ClN5O5Si/c1-28-39(53(3,4)35-16-14-34(51-2)15-17-35)38(19-21-45-26-31(20-22-48)43-44-45)52-41(28)36-24-30(42)13-18-37(36)46(40(41)50)25-29-9-8-12-33(23-29)47(27-49)32-10-6-5-7-11-32/h5-18,23-24,26-28,38-39,48H,19-22,25H2,1-4H3/t28-,38+,39-,41+/m1/s1. The van der Waals surface area contributed by atoms with E-state index in [1.54, 1.807) is 16.7 Å². The molecule has 2 aliphatic heterocycles. The molecular formula is C41H44ClN5O5Si. The largest absolute Gasteiger partial charge is 0.497 e. The van der Waals surface area contributed by atoms with E-state index in [0.717, 1.165) is 40.4 Å². The Hall–Kier alpha value is -4.81. The molecule has 0 unspecified atom stereocenters. The van der Waals surface area contributed by atoms with Gasteiger partial charge in [0.2, 0.25) is 6.41 Å². The van der Waals surface area contributed by atoms with E-state index in [1.807, 2.05) is 96.0 Å². The second kappa shape index (κ2) is 14.9. The SMILES string of the molecule is COc1ccc([Si](C)(C)[C@H]2[C@H](CCn3cc(CCO)nn3)O[C@@]3(C(=O)N(Cc4cccc(N(C=O)c5ccccc5)c4)c4ccc(Cl)cc43)[C@@H]2C)cc1. The second-order valence-corrected chi connectivity index (χ2v) is 19.5. The highest BCUT2D eigenvalue weighted by Gasteiger charge is 2.66. The molecule has 10 nitrogen and oxygen atoms in total. The molecule has 4 aromatic carbocycles. The molecule has 0 radical (unpaired) electrons.